The number of carbonyl (C=O) groups excluding carboxylic acids is 1. The summed E-state index contributed by atoms with van der Waals surface area (Å²) >= 11 is 0. The van der Waals surface area contributed by atoms with Gasteiger partial charge in [-0.15, -0.1) is 0 Å². The fourth-order valence-corrected chi connectivity index (χ4v) is 4.60. The summed E-state index contributed by atoms with van der Waals surface area (Å²) in [5.41, 5.74) is 9.92. The third-order valence-electron chi connectivity index (χ3n) is 6.45. The van der Waals surface area contributed by atoms with Crippen molar-refractivity contribution in [1.82, 2.24) is 9.80 Å². The molecule has 1 aliphatic rings. The number of ether oxygens (including phenoxy) is 1. The molecular weight excluding hydrogens is 422 g/mol. The predicted octanol–water partition coefficient (Wildman–Crippen LogP) is 5.04. The lowest BCUT2D eigenvalue weighted by Crippen LogP contribution is -2.48. The van der Waals surface area contributed by atoms with Crippen molar-refractivity contribution in [2.24, 2.45) is 0 Å². The first kappa shape index (κ1) is 24.0. The zero-order chi connectivity index (χ0) is 23.8. The van der Waals surface area contributed by atoms with Gasteiger partial charge >= 0.3 is 0 Å². The number of anilines is 1. The molecule has 1 heterocycles. The Labute approximate surface area is 203 Å². The lowest BCUT2D eigenvalue weighted by molar-refractivity contribution is 0.0893. The minimum atomic E-state index is 0.127. The van der Waals surface area contributed by atoms with E-state index in [2.05, 4.69) is 77.4 Å². The highest BCUT2D eigenvalue weighted by molar-refractivity contribution is 5.97. The van der Waals surface area contributed by atoms with E-state index < -0.39 is 0 Å². The maximum atomic E-state index is 12.8. The number of Topliss-reactive ketones (excluding diaryl/α,β-unsaturated/α-hetero) is 1. The molecule has 0 unspecified atom stereocenters. The number of hydrogen-bond donors (Lipinski definition) is 1. The number of hydrogen-bond acceptors (Lipinski definition) is 5. The maximum absolute atomic E-state index is 12.8. The summed E-state index contributed by atoms with van der Waals surface area (Å²) in [6, 6.07) is 27.1. The average Bonchev–Trinajstić information content (AvgIpc) is 2.89. The van der Waals surface area contributed by atoms with Crippen molar-refractivity contribution in [3.63, 3.8) is 0 Å². The molecule has 2 N–H and O–H groups in total. The molecule has 34 heavy (non-hydrogen) atoms. The Kier molecular flexibility index (Phi) is 8.34. The molecule has 0 radical (unpaired) electrons. The molecule has 4 rings (SSSR count). The second kappa shape index (κ2) is 11.8. The molecule has 3 aromatic carbocycles. The molecule has 1 fully saturated rings. The van der Waals surface area contributed by atoms with Gasteiger partial charge in [-0.2, -0.15) is 0 Å². The molecule has 5 nitrogen and oxygen atoms in total. The predicted molar refractivity (Wildman–Crippen MR) is 138 cm³/mol. The van der Waals surface area contributed by atoms with Gasteiger partial charge < -0.3 is 15.4 Å². The molecule has 0 aromatic heterocycles. The number of nitrogens with two attached hydrogens (primary N) is 1. The van der Waals surface area contributed by atoms with Crippen molar-refractivity contribution < 1.29 is 9.53 Å². The number of carbonyl (C=O) groups is 1. The summed E-state index contributed by atoms with van der Waals surface area (Å²) in [5, 5.41) is 0. The van der Waals surface area contributed by atoms with Gasteiger partial charge in [-0.1, -0.05) is 67.6 Å². The second-order valence-electron chi connectivity index (χ2n) is 8.88. The van der Waals surface area contributed by atoms with Crippen molar-refractivity contribution in [1.29, 1.82) is 0 Å². The van der Waals surface area contributed by atoms with Crippen molar-refractivity contribution in [3.8, 4) is 5.75 Å². The maximum Gasteiger partial charge on any atom is 0.164 e. The van der Waals surface area contributed by atoms with Crippen LogP contribution in [0.25, 0.3) is 0 Å². The highest BCUT2D eigenvalue weighted by Gasteiger charge is 2.26. The van der Waals surface area contributed by atoms with E-state index in [0.29, 0.717) is 30.0 Å². The number of piperazine rings is 1. The van der Waals surface area contributed by atoms with Gasteiger partial charge in [-0.05, 0) is 35.7 Å². The highest BCUT2D eigenvalue weighted by atomic mass is 16.5. The van der Waals surface area contributed by atoms with Crippen LogP contribution < -0.4 is 10.5 Å². The molecule has 0 spiro atoms. The molecule has 0 bridgehead atoms. The monoisotopic (exact) mass is 457 g/mol. The summed E-state index contributed by atoms with van der Waals surface area (Å²) in [5.74, 6) is 0.781. The van der Waals surface area contributed by atoms with E-state index >= 15 is 0 Å². The molecule has 3 aromatic rings. The van der Waals surface area contributed by atoms with E-state index in [9.17, 15) is 4.79 Å². The first-order chi connectivity index (χ1) is 16.7. The van der Waals surface area contributed by atoms with E-state index in [1.165, 1.54) is 11.1 Å². The minimum absolute atomic E-state index is 0.127. The topological polar surface area (TPSA) is 58.8 Å². The van der Waals surface area contributed by atoms with Crippen LogP contribution >= 0.6 is 0 Å². The second-order valence-corrected chi connectivity index (χ2v) is 8.88. The van der Waals surface area contributed by atoms with Gasteiger partial charge in [0.1, 0.15) is 5.75 Å². The standard InChI is InChI=1S/C29H35N3O2/c1-2-21-34-28-14-13-25(22-26(28)30)27(33)15-16-31-17-19-32(20-18-31)29(23-9-5-3-6-10-23)24-11-7-4-8-12-24/h3-14,22,29H,2,15-21,30H2,1H3. The van der Waals surface area contributed by atoms with E-state index in [1.54, 1.807) is 6.07 Å². The SMILES string of the molecule is CCCOc1ccc(C(=O)CCN2CCN(C(c3ccccc3)c3ccccc3)CC2)cc1N. The summed E-state index contributed by atoms with van der Waals surface area (Å²) in [6.07, 6.45) is 1.42. The van der Waals surface area contributed by atoms with Crippen molar-refractivity contribution in [2.75, 3.05) is 45.1 Å². The number of benzene rings is 3. The van der Waals surface area contributed by atoms with Crippen LogP contribution in [0.4, 0.5) is 5.69 Å². The summed E-state index contributed by atoms with van der Waals surface area (Å²) in [7, 11) is 0. The number of nitrogen functional groups attached to an aromatic ring is 1. The molecule has 0 atom stereocenters. The zero-order valence-electron chi connectivity index (χ0n) is 20.0. The quantitative estimate of drug-likeness (QED) is 0.342. The average molecular weight is 458 g/mol. The minimum Gasteiger partial charge on any atom is -0.491 e. The Hall–Kier alpha value is -3.15. The Balaban J connectivity index is 1.33. The van der Waals surface area contributed by atoms with Crippen LogP contribution in [0.1, 0.15) is 47.3 Å². The van der Waals surface area contributed by atoms with Gasteiger partial charge in [0, 0.05) is 44.7 Å². The molecule has 0 aliphatic carbocycles. The molecule has 1 saturated heterocycles. The lowest BCUT2D eigenvalue weighted by Gasteiger charge is -2.39. The summed E-state index contributed by atoms with van der Waals surface area (Å²) in [4.78, 5) is 17.7. The van der Waals surface area contributed by atoms with E-state index in [-0.39, 0.29) is 11.8 Å². The summed E-state index contributed by atoms with van der Waals surface area (Å²) < 4.78 is 5.62. The van der Waals surface area contributed by atoms with Gasteiger partial charge in [0.2, 0.25) is 0 Å². The van der Waals surface area contributed by atoms with Crippen LogP contribution in [-0.2, 0) is 0 Å². The van der Waals surface area contributed by atoms with Crippen molar-refractivity contribution >= 4 is 11.5 Å². The van der Waals surface area contributed by atoms with Gasteiger partial charge in [-0.25, -0.2) is 0 Å². The Morgan fingerprint density at radius 2 is 1.53 bits per heavy atom. The smallest absolute Gasteiger partial charge is 0.164 e. The molecule has 0 saturated carbocycles. The first-order valence-electron chi connectivity index (χ1n) is 12.3. The molecule has 0 amide bonds. The van der Waals surface area contributed by atoms with E-state index in [4.69, 9.17) is 10.5 Å². The van der Waals surface area contributed by atoms with E-state index in [0.717, 1.165) is 39.1 Å². The van der Waals surface area contributed by atoms with Crippen LogP contribution in [0, 0.1) is 0 Å². The van der Waals surface area contributed by atoms with Crippen molar-refractivity contribution in [3.05, 3.63) is 95.6 Å². The summed E-state index contributed by atoms with van der Waals surface area (Å²) in [6.45, 7) is 7.29. The van der Waals surface area contributed by atoms with Gasteiger partial charge in [0.25, 0.3) is 0 Å². The van der Waals surface area contributed by atoms with Crippen LogP contribution in [0.3, 0.4) is 0 Å². The normalized spacial score (nSPS) is 14.9. The van der Waals surface area contributed by atoms with Gasteiger partial charge in [0.15, 0.2) is 5.78 Å². The third kappa shape index (κ3) is 6.04. The van der Waals surface area contributed by atoms with Gasteiger partial charge in [0.05, 0.1) is 18.3 Å². The highest BCUT2D eigenvalue weighted by Crippen LogP contribution is 2.29. The Morgan fingerprint density at radius 1 is 0.912 bits per heavy atom. The fraction of sp³-hybridized carbons (Fsp3) is 0.345. The van der Waals surface area contributed by atoms with Gasteiger partial charge in [-0.3, -0.25) is 9.69 Å². The molecule has 1 aliphatic heterocycles. The third-order valence-corrected chi connectivity index (χ3v) is 6.45. The fourth-order valence-electron chi connectivity index (χ4n) is 4.60. The van der Waals surface area contributed by atoms with Crippen molar-refractivity contribution in [2.45, 2.75) is 25.8 Å². The number of rotatable bonds is 10. The van der Waals surface area contributed by atoms with Crippen LogP contribution in [-0.4, -0.2) is 54.9 Å². The molecular formula is C29H35N3O2. The van der Waals surface area contributed by atoms with E-state index in [1.807, 2.05) is 12.1 Å². The zero-order valence-corrected chi connectivity index (χ0v) is 20.0. The first-order valence-corrected chi connectivity index (χ1v) is 12.3. The molecule has 178 valence electrons. The lowest BCUT2D eigenvalue weighted by atomic mass is 9.96. The number of nitrogens with zero attached hydrogens (tertiary/aromatic N) is 2. The van der Waals surface area contributed by atoms with Crippen LogP contribution in [0.5, 0.6) is 5.75 Å². The molecule has 5 heteroatoms. The van der Waals surface area contributed by atoms with Crippen LogP contribution in [0.2, 0.25) is 0 Å². The van der Waals surface area contributed by atoms with Crippen LogP contribution in [0.15, 0.2) is 78.9 Å². The Bertz CT molecular complexity index is 1010. The number of ketones is 1. The Morgan fingerprint density at radius 3 is 2.09 bits per heavy atom. The largest absolute Gasteiger partial charge is 0.491 e.